The van der Waals surface area contributed by atoms with E-state index in [1.807, 2.05) is 29.5 Å². The molecule has 5 heteroatoms. The van der Waals surface area contributed by atoms with Gasteiger partial charge in [0.05, 0.1) is 11.0 Å². The Morgan fingerprint density at radius 1 is 0.321 bits per heavy atom. The van der Waals surface area contributed by atoms with Gasteiger partial charge in [-0.2, -0.15) is 0 Å². The first-order valence-electron chi connectivity index (χ1n) is 18.8. The lowest BCUT2D eigenvalue weighted by Crippen LogP contribution is -2.01. The summed E-state index contributed by atoms with van der Waals surface area (Å²) in [5.41, 5.74) is 10.9. The average Bonchev–Trinajstić information content (AvgIpc) is 3.83. The minimum Gasteiger partial charge on any atom is -0.309 e. The maximum Gasteiger partial charge on any atom is 0.165 e. The Morgan fingerprint density at radius 2 is 0.893 bits per heavy atom. The maximum absolute atomic E-state index is 5.37. The van der Waals surface area contributed by atoms with E-state index in [1.54, 1.807) is 0 Å². The molecule has 3 aromatic heterocycles. The summed E-state index contributed by atoms with van der Waals surface area (Å²) in [6.07, 6.45) is 0. The molecule has 0 unspecified atom stereocenters. The molecule has 0 radical (unpaired) electrons. The predicted octanol–water partition coefficient (Wildman–Crippen LogP) is 13.7. The second-order valence-electron chi connectivity index (χ2n) is 14.0. The van der Waals surface area contributed by atoms with Gasteiger partial charge in [-0.25, -0.2) is 15.0 Å². The molecule has 0 aliphatic rings. The molecule has 0 fully saturated rings. The van der Waals surface area contributed by atoms with Crippen molar-refractivity contribution < 1.29 is 0 Å². The Hall–Kier alpha value is -7.21. The Balaban J connectivity index is 1.19. The van der Waals surface area contributed by atoms with Gasteiger partial charge in [-0.15, -0.1) is 11.3 Å². The van der Waals surface area contributed by atoms with Crippen LogP contribution in [0.4, 0.5) is 0 Å². The summed E-state index contributed by atoms with van der Waals surface area (Å²) < 4.78 is 4.73. The Kier molecular flexibility index (Phi) is 7.64. The van der Waals surface area contributed by atoms with Crippen LogP contribution in [0.3, 0.4) is 0 Å². The van der Waals surface area contributed by atoms with Crippen LogP contribution >= 0.6 is 11.3 Å². The van der Waals surface area contributed by atoms with Crippen molar-refractivity contribution >= 4 is 53.3 Å². The molecule has 0 N–H and O–H groups in total. The molecule has 0 bridgehead atoms. The van der Waals surface area contributed by atoms with Crippen LogP contribution in [0.1, 0.15) is 0 Å². The maximum atomic E-state index is 5.37. The molecular weight excluding hydrogens is 701 g/mol. The van der Waals surface area contributed by atoms with Crippen LogP contribution in [0.25, 0.3) is 104 Å². The zero-order chi connectivity index (χ0) is 37.0. The molecule has 56 heavy (non-hydrogen) atoms. The molecular formula is C51H32N4S. The first-order valence-corrected chi connectivity index (χ1v) is 19.6. The monoisotopic (exact) mass is 732 g/mol. The summed E-state index contributed by atoms with van der Waals surface area (Å²) in [5.74, 6) is 1.91. The van der Waals surface area contributed by atoms with E-state index in [4.69, 9.17) is 15.0 Å². The number of aromatic nitrogens is 4. The number of nitrogens with zero attached hydrogens (tertiary/aromatic N) is 4. The van der Waals surface area contributed by atoms with Crippen molar-refractivity contribution in [3.05, 3.63) is 194 Å². The summed E-state index contributed by atoms with van der Waals surface area (Å²) in [6, 6.07) is 68.5. The molecule has 11 aromatic rings. The molecule has 0 spiro atoms. The third kappa shape index (κ3) is 5.40. The SMILES string of the molecule is c1ccc(-c2cc(-c3nc(-c4ccccc4)nc(-c4ccc5c6ccccc6n(-c6ccccc6)c5c4)n3)c3sc4c(-c5ccccc5)cccc4c3c2)cc1. The van der Waals surface area contributed by atoms with Gasteiger partial charge in [-0.3, -0.25) is 0 Å². The van der Waals surface area contributed by atoms with Crippen molar-refractivity contribution in [2.24, 2.45) is 0 Å². The van der Waals surface area contributed by atoms with Gasteiger partial charge < -0.3 is 4.57 Å². The van der Waals surface area contributed by atoms with Gasteiger partial charge in [0.1, 0.15) is 0 Å². The number of para-hydroxylation sites is 2. The minimum atomic E-state index is 0.630. The van der Waals surface area contributed by atoms with Crippen LogP contribution in [0.5, 0.6) is 0 Å². The highest BCUT2D eigenvalue weighted by atomic mass is 32.1. The van der Waals surface area contributed by atoms with Crippen LogP contribution in [-0.2, 0) is 0 Å². The molecule has 0 saturated heterocycles. The Morgan fingerprint density at radius 3 is 1.64 bits per heavy atom. The molecule has 0 aliphatic carbocycles. The third-order valence-corrected chi connectivity index (χ3v) is 11.9. The molecule has 262 valence electrons. The van der Waals surface area contributed by atoms with E-state index in [9.17, 15) is 0 Å². The summed E-state index contributed by atoms with van der Waals surface area (Å²) in [7, 11) is 0. The highest BCUT2D eigenvalue weighted by molar-refractivity contribution is 7.26. The number of thiophene rings is 1. The van der Waals surface area contributed by atoms with Crippen molar-refractivity contribution in [1.82, 2.24) is 19.5 Å². The van der Waals surface area contributed by atoms with Gasteiger partial charge in [0.25, 0.3) is 0 Å². The van der Waals surface area contributed by atoms with Gasteiger partial charge in [-0.05, 0) is 58.7 Å². The van der Waals surface area contributed by atoms with Crippen molar-refractivity contribution in [2.45, 2.75) is 0 Å². The fourth-order valence-electron chi connectivity index (χ4n) is 8.02. The average molecular weight is 733 g/mol. The molecule has 0 atom stereocenters. The normalized spacial score (nSPS) is 11.6. The van der Waals surface area contributed by atoms with E-state index in [0.29, 0.717) is 17.5 Å². The fraction of sp³-hybridized carbons (Fsp3) is 0. The first-order chi connectivity index (χ1) is 27.8. The predicted molar refractivity (Wildman–Crippen MR) is 234 cm³/mol. The standard InChI is InChI=1S/C51H32N4S/c1-5-16-33(17-6-1)37-30-43-42-26-15-25-39(34-18-7-2-8-19-34)47(42)56-48(43)44(31-37)51-53-49(35-20-9-3-10-21-35)52-50(54-51)36-28-29-41-40-24-13-14-27-45(40)55(46(41)32-36)38-22-11-4-12-23-38/h1-32H. The van der Waals surface area contributed by atoms with Gasteiger partial charge in [0, 0.05) is 53.3 Å². The van der Waals surface area contributed by atoms with Crippen molar-refractivity contribution in [3.63, 3.8) is 0 Å². The Labute approximate surface area is 327 Å². The quantitative estimate of drug-likeness (QED) is 0.171. The number of fused-ring (bicyclic) bond motifs is 6. The van der Waals surface area contributed by atoms with Crippen LogP contribution < -0.4 is 0 Å². The van der Waals surface area contributed by atoms with Crippen molar-refractivity contribution in [3.8, 4) is 62.1 Å². The van der Waals surface area contributed by atoms with E-state index in [1.165, 1.54) is 37.4 Å². The fourth-order valence-corrected chi connectivity index (χ4v) is 9.34. The molecule has 4 nitrogen and oxygen atoms in total. The van der Waals surface area contributed by atoms with Crippen molar-refractivity contribution in [1.29, 1.82) is 0 Å². The zero-order valence-electron chi connectivity index (χ0n) is 30.2. The third-order valence-electron chi connectivity index (χ3n) is 10.6. The first kappa shape index (κ1) is 32.2. The highest BCUT2D eigenvalue weighted by Gasteiger charge is 2.21. The largest absolute Gasteiger partial charge is 0.309 e. The van der Waals surface area contributed by atoms with Gasteiger partial charge in [0.2, 0.25) is 0 Å². The lowest BCUT2D eigenvalue weighted by Gasteiger charge is -2.12. The second kappa shape index (κ2) is 13.3. The molecule has 11 rings (SSSR count). The van der Waals surface area contributed by atoms with Crippen LogP contribution in [0.2, 0.25) is 0 Å². The van der Waals surface area contributed by atoms with E-state index in [2.05, 4.69) is 180 Å². The van der Waals surface area contributed by atoms with Gasteiger partial charge >= 0.3 is 0 Å². The summed E-state index contributed by atoms with van der Waals surface area (Å²) in [4.78, 5) is 15.8. The molecule has 0 saturated carbocycles. The molecule has 8 aromatic carbocycles. The van der Waals surface area contributed by atoms with Crippen LogP contribution in [0, 0.1) is 0 Å². The summed E-state index contributed by atoms with van der Waals surface area (Å²) >= 11 is 1.81. The lowest BCUT2D eigenvalue weighted by atomic mass is 9.97. The second-order valence-corrected chi connectivity index (χ2v) is 15.0. The van der Waals surface area contributed by atoms with Gasteiger partial charge in [-0.1, -0.05) is 158 Å². The van der Waals surface area contributed by atoms with E-state index < -0.39 is 0 Å². The van der Waals surface area contributed by atoms with Crippen LogP contribution in [-0.4, -0.2) is 19.5 Å². The van der Waals surface area contributed by atoms with E-state index >= 15 is 0 Å². The molecule has 0 amide bonds. The Bertz CT molecular complexity index is 3230. The number of benzene rings is 8. The number of rotatable bonds is 6. The smallest absolute Gasteiger partial charge is 0.165 e. The minimum absolute atomic E-state index is 0.630. The van der Waals surface area contributed by atoms with Crippen molar-refractivity contribution in [2.75, 3.05) is 0 Å². The van der Waals surface area contributed by atoms with Crippen LogP contribution in [0.15, 0.2) is 194 Å². The number of hydrogen-bond donors (Lipinski definition) is 0. The highest BCUT2D eigenvalue weighted by Crippen LogP contribution is 2.46. The summed E-state index contributed by atoms with van der Waals surface area (Å²) in [6.45, 7) is 0. The number of hydrogen-bond acceptors (Lipinski definition) is 4. The zero-order valence-corrected chi connectivity index (χ0v) is 31.0. The molecule has 3 heterocycles. The molecule has 0 aliphatic heterocycles. The van der Waals surface area contributed by atoms with Gasteiger partial charge in [0.15, 0.2) is 17.5 Å². The van der Waals surface area contributed by atoms with E-state index in [0.717, 1.165) is 49.2 Å². The topological polar surface area (TPSA) is 43.6 Å². The lowest BCUT2D eigenvalue weighted by molar-refractivity contribution is 1.08. The van der Waals surface area contributed by atoms with E-state index in [-0.39, 0.29) is 0 Å². The summed E-state index contributed by atoms with van der Waals surface area (Å²) in [5, 5.41) is 4.81.